The Balaban J connectivity index is 2.93. The van der Waals surface area contributed by atoms with Crippen LogP contribution in [0.4, 0.5) is 0 Å². The number of rotatable bonds is 6. The minimum Gasteiger partial charge on any atom is -0.349 e. The lowest BCUT2D eigenvalue weighted by Crippen LogP contribution is -2.37. The Morgan fingerprint density at radius 3 is 2.15 bits per heavy atom. The molecule has 1 rings (SSSR count). The third-order valence-corrected chi connectivity index (χ3v) is 4.09. The van der Waals surface area contributed by atoms with E-state index in [9.17, 15) is 0 Å². The van der Waals surface area contributed by atoms with Gasteiger partial charge in [0.1, 0.15) is 0 Å². The van der Waals surface area contributed by atoms with Gasteiger partial charge in [0.15, 0.2) is 5.96 Å². The SMILES string of the molecule is CCN(CC)C(CN=C(N(C)C)N(C)C)c1ccsc1. The molecule has 4 nitrogen and oxygen atoms in total. The van der Waals surface area contributed by atoms with Crippen molar-refractivity contribution in [2.45, 2.75) is 19.9 Å². The molecule has 0 aliphatic heterocycles. The van der Waals surface area contributed by atoms with Crippen molar-refractivity contribution >= 4 is 17.3 Å². The van der Waals surface area contributed by atoms with Crippen molar-refractivity contribution in [2.75, 3.05) is 47.8 Å². The molecule has 1 aromatic heterocycles. The molecule has 1 heterocycles. The Hall–Kier alpha value is -1.07. The van der Waals surface area contributed by atoms with Crippen LogP contribution in [-0.2, 0) is 0 Å². The fraction of sp³-hybridized carbons (Fsp3) is 0.667. The summed E-state index contributed by atoms with van der Waals surface area (Å²) < 4.78 is 0. The summed E-state index contributed by atoms with van der Waals surface area (Å²) in [5, 5.41) is 4.39. The molecular weight excluding hydrogens is 268 g/mol. The van der Waals surface area contributed by atoms with Crippen molar-refractivity contribution in [3.63, 3.8) is 0 Å². The summed E-state index contributed by atoms with van der Waals surface area (Å²) in [6.07, 6.45) is 0. The molecule has 1 unspecified atom stereocenters. The number of nitrogens with zero attached hydrogens (tertiary/aromatic N) is 4. The van der Waals surface area contributed by atoms with Gasteiger partial charge in [-0.15, -0.1) is 0 Å². The molecule has 1 aromatic rings. The van der Waals surface area contributed by atoms with Crippen LogP contribution in [0.2, 0.25) is 0 Å². The molecule has 0 saturated carbocycles. The fourth-order valence-corrected chi connectivity index (χ4v) is 3.12. The number of hydrogen-bond donors (Lipinski definition) is 0. The van der Waals surface area contributed by atoms with Crippen molar-refractivity contribution in [1.82, 2.24) is 14.7 Å². The van der Waals surface area contributed by atoms with Crippen LogP contribution < -0.4 is 0 Å². The quantitative estimate of drug-likeness (QED) is 0.595. The predicted molar refractivity (Wildman–Crippen MR) is 89.7 cm³/mol. The Bertz CT molecular complexity index is 384. The van der Waals surface area contributed by atoms with Crippen LogP contribution in [0.15, 0.2) is 21.8 Å². The largest absolute Gasteiger partial charge is 0.349 e. The maximum Gasteiger partial charge on any atom is 0.195 e. The van der Waals surface area contributed by atoms with E-state index in [1.54, 1.807) is 11.3 Å². The fourth-order valence-electron chi connectivity index (χ4n) is 2.41. The van der Waals surface area contributed by atoms with E-state index in [4.69, 9.17) is 4.99 Å². The molecule has 0 radical (unpaired) electrons. The van der Waals surface area contributed by atoms with Crippen LogP contribution in [0.5, 0.6) is 0 Å². The van der Waals surface area contributed by atoms with E-state index in [1.165, 1.54) is 5.56 Å². The summed E-state index contributed by atoms with van der Waals surface area (Å²) in [6, 6.07) is 2.58. The van der Waals surface area contributed by atoms with E-state index < -0.39 is 0 Å². The molecule has 0 aromatic carbocycles. The summed E-state index contributed by atoms with van der Waals surface area (Å²) in [5.41, 5.74) is 1.37. The van der Waals surface area contributed by atoms with Gasteiger partial charge < -0.3 is 9.80 Å². The van der Waals surface area contributed by atoms with Crippen LogP contribution in [0, 0.1) is 0 Å². The van der Waals surface area contributed by atoms with Crippen molar-refractivity contribution in [1.29, 1.82) is 0 Å². The Morgan fingerprint density at radius 2 is 1.75 bits per heavy atom. The molecule has 0 bridgehead atoms. The lowest BCUT2D eigenvalue weighted by Gasteiger charge is -2.29. The van der Waals surface area contributed by atoms with Gasteiger partial charge in [0.2, 0.25) is 0 Å². The Kier molecular flexibility index (Phi) is 7.02. The Morgan fingerprint density at radius 1 is 1.15 bits per heavy atom. The van der Waals surface area contributed by atoms with E-state index >= 15 is 0 Å². The average molecular weight is 296 g/mol. The van der Waals surface area contributed by atoms with Gasteiger partial charge in [0.05, 0.1) is 12.6 Å². The van der Waals surface area contributed by atoms with Crippen LogP contribution >= 0.6 is 11.3 Å². The molecule has 0 saturated heterocycles. The first kappa shape index (κ1) is 17.0. The van der Waals surface area contributed by atoms with Gasteiger partial charge in [0, 0.05) is 28.2 Å². The number of thiophene rings is 1. The highest BCUT2D eigenvalue weighted by Gasteiger charge is 2.18. The molecule has 1 atom stereocenters. The van der Waals surface area contributed by atoms with E-state index in [-0.39, 0.29) is 0 Å². The molecule has 20 heavy (non-hydrogen) atoms. The number of hydrogen-bond acceptors (Lipinski definition) is 3. The van der Waals surface area contributed by atoms with Gasteiger partial charge in [-0.25, -0.2) is 0 Å². The first-order valence-electron chi connectivity index (χ1n) is 7.16. The topological polar surface area (TPSA) is 22.1 Å². The summed E-state index contributed by atoms with van der Waals surface area (Å²) >= 11 is 1.76. The molecule has 0 N–H and O–H groups in total. The van der Waals surface area contributed by atoms with Crippen molar-refractivity contribution in [3.8, 4) is 0 Å². The molecule has 0 fully saturated rings. The predicted octanol–water partition coefficient (Wildman–Crippen LogP) is 2.61. The molecule has 0 aliphatic rings. The maximum absolute atomic E-state index is 4.83. The minimum absolute atomic E-state index is 0.367. The normalized spacial score (nSPS) is 12.3. The highest BCUT2D eigenvalue weighted by atomic mass is 32.1. The van der Waals surface area contributed by atoms with Gasteiger partial charge in [-0.1, -0.05) is 13.8 Å². The van der Waals surface area contributed by atoms with Crippen LogP contribution in [0.1, 0.15) is 25.5 Å². The van der Waals surface area contributed by atoms with Crippen LogP contribution in [0.3, 0.4) is 0 Å². The van der Waals surface area contributed by atoms with Crippen LogP contribution in [-0.4, -0.2) is 68.5 Å². The third-order valence-electron chi connectivity index (χ3n) is 3.39. The van der Waals surface area contributed by atoms with Crippen LogP contribution in [0.25, 0.3) is 0 Å². The van der Waals surface area contributed by atoms with Crippen molar-refractivity contribution in [3.05, 3.63) is 22.4 Å². The summed E-state index contributed by atoms with van der Waals surface area (Å²) in [4.78, 5) is 11.4. The second-order valence-electron chi connectivity index (χ2n) is 5.22. The second kappa shape index (κ2) is 8.27. The zero-order chi connectivity index (χ0) is 15.1. The summed E-state index contributed by atoms with van der Waals surface area (Å²) in [6.45, 7) is 7.32. The zero-order valence-electron chi connectivity index (χ0n) is 13.6. The lowest BCUT2D eigenvalue weighted by molar-refractivity contribution is 0.224. The Labute approximate surface area is 127 Å². The molecule has 114 valence electrons. The highest BCUT2D eigenvalue weighted by molar-refractivity contribution is 7.07. The number of aliphatic imine (C=N–C) groups is 1. The average Bonchev–Trinajstić information content (AvgIpc) is 2.90. The van der Waals surface area contributed by atoms with Gasteiger partial charge in [0.25, 0.3) is 0 Å². The monoisotopic (exact) mass is 296 g/mol. The highest BCUT2D eigenvalue weighted by Crippen LogP contribution is 2.23. The van der Waals surface area contributed by atoms with Gasteiger partial charge in [-0.2, -0.15) is 11.3 Å². The van der Waals surface area contributed by atoms with Crippen molar-refractivity contribution < 1.29 is 0 Å². The van der Waals surface area contributed by atoms with Gasteiger partial charge in [-0.05, 0) is 35.5 Å². The molecule has 0 amide bonds. The first-order chi connectivity index (χ1) is 9.51. The van der Waals surface area contributed by atoms with Gasteiger partial charge >= 0.3 is 0 Å². The minimum atomic E-state index is 0.367. The first-order valence-corrected chi connectivity index (χ1v) is 8.10. The second-order valence-corrected chi connectivity index (χ2v) is 6.00. The smallest absolute Gasteiger partial charge is 0.195 e. The van der Waals surface area contributed by atoms with Gasteiger partial charge in [-0.3, -0.25) is 9.89 Å². The molecule has 5 heteroatoms. The van der Waals surface area contributed by atoms with E-state index in [0.29, 0.717) is 6.04 Å². The van der Waals surface area contributed by atoms with E-state index in [0.717, 1.165) is 25.6 Å². The third kappa shape index (κ3) is 4.49. The summed E-state index contributed by atoms with van der Waals surface area (Å²) in [7, 11) is 8.15. The molecule has 0 spiro atoms. The number of likely N-dealkylation sites (N-methyl/N-ethyl adjacent to an activating group) is 1. The summed E-state index contributed by atoms with van der Waals surface area (Å²) in [5.74, 6) is 1.01. The molecule has 0 aliphatic carbocycles. The zero-order valence-corrected chi connectivity index (χ0v) is 14.4. The van der Waals surface area contributed by atoms with E-state index in [1.807, 2.05) is 28.2 Å². The maximum atomic E-state index is 4.83. The van der Waals surface area contributed by atoms with Crippen molar-refractivity contribution in [2.24, 2.45) is 4.99 Å². The van der Waals surface area contributed by atoms with E-state index in [2.05, 4.69) is 45.4 Å². The molecular formula is C15H28N4S. The lowest BCUT2D eigenvalue weighted by atomic mass is 10.1. The number of guanidine groups is 1. The standard InChI is InChI=1S/C15H28N4S/c1-7-19(8-2)14(13-9-10-20-12-13)11-16-15(17(3)4)18(5)6/h9-10,12,14H,7-8,11H2,1-6H3.